The normalized spacial score (nSPS) is 13.4. The van der Waals surface area contributed by atoms with Gasteiger partial charge in [0.1, 0.15) is 6.33 Å². The van der Waals surface area contributed by atoms with Crippen LogP contribution < -0.4 is 10.6 Å². The molecule has 0 aliphatic heterocycles. The molecule has 8 nitrogen and oxygen atoms in total. The van der Waals surface area contributed by atoms with Crippen LogP contribution in [0.4, 0.5) is 10.7 Å². The molecule has 0 spiro atoms. The maximum absolute atomic E-state index is 12.3. The molecule has 126 valence electrons. The average Bonchev–Trinajstić information content (AvgIpc) is 3.13. The summed E-state index contributed by atoms with van der Waals surface area (Å²) in [5, 5.41) is 17.3. The zero-order valence-electron chi connectivity index (χ0n) is 13.0. The molecular formula is C16H14N6O2S. The molecule has 2 N–H and O–H groups in total. The number of aromatic nitrogens is 4. The van der Waals surface area contributed by atoms with Gasteiger partial charge in [0.15, 0.2) is 0 Å². The fourth-order valence-corrected chi connectivity index (χ4v) is 3.07. The molecule has 2 aromatic heterocycles. The van der Waals surface area contributed by atoms with Gasteiger partial charge in [0.25, 0.3) is 5.91 Å². The van der Waals surface area contributed by atoms with Crippen LogP contribution in [-0.2, 0) is 4.79 Å². The minimum atomic E-state index is -0.216. The molecule has 25 heavy (non-hydrogen) atoms. The van der Waals surface area contributed by atoms with E-state index < -0.39 is 0 Å². The van der Waals surface area contributed by atoms with Crippen molar-refractivity contribution in [3.05, 3.63) is 47.6 Å². The molecule has 1 aromatic carbocycles. The number of nitrogens with zero attached hydrogens (tertiary/aromatic N) is 4. The van der Waals surface area contributed by atoms with Crippen molar-refractivity contribution in [2.75, 3.05) is 10.6 Å². The highest BCUT2D eigenvalue weighted by molar-refractivity contribution is 7.18. The molecule has 2 heterocycles. The van der Waals surface area contributed by atoms with E-state index in [-0.39, 0.29) is 17.7 Å². The molecule has 0 saturated heterocycles. The summed E-state index contributed by atoms with van der Waals surface area (Å²) in [7, 11) is 0. The smallest absolute Gasteiger partial charge is 0.265 e. The number of nitrogens with one attached hydrogen (secondary N) is 2. The van der Waals surface area contributed by atoms with E-state index in [4.69, 9.17) is 0 Å². The van der Waals surface area contributed by atoms with Gasteiger partial charge >= 0.3 is 0 Å². The Kier molecular flexibility index (Phi) is 3.98. The number of tetrazole rings is 1. The van der Waals surface area contributed by atoms with Crippen molar-refractivity contribution in [1.82, 2.24) is 20.2 Å². The second-order valence-corrected chi connectivity index (χ2v) is 6.77. The van der Waals surface area contributed by atoms with Crippen LogP contribution in [0, 0.1) is 5.92 Å². The molecule has 1 fully saturated rings. The molecule has 4 rings (SSSR count). The van der Waals surface area contributed by atoms with E-state index in [1.165, 1.54) is 22.3 Å². The lowest BCUT2D eigenvalue weighted by atomic mass is 10.2. The molecule has 2 amide bonds. The van der Waals surface area contributed by atoms with Gasteiger partial charge in [-0.1, -0.05) is 0 Å². The Hall–Kier alpha value is -3.07. The summed E-state index contributed by atoms with van der Waals surface area (Å²) in [6, 6.07) is 10.6. The lowest BCUT2D eigenvalue weighted by Crippen LogP contribution is -2.12. The first-order valence-electron chi connectivity index (χ1n) is 7.74. The Bertz CT molecular complexity index is 899. The second kappa shape index (κ2) is 6.44. The number of carbonyl (C=O) groups excluding carboxylic acids is 2. The van der Waals surface area contributed by atoms with Crippen molar-refractivity contribution < 1.29 is 9.59 Å². The standard InChI is InChI=1S/C16H14N6O2S/c23-15(10-1-2-10)19-14-8-7-13(25-14)16(24)18-11-3-5-12(6-4-11)22-9-17-20-21-22/h3-10H,1-2H2,(H,18,24)(H,19,23). The summed E-state index contributed by atoms with van der Waals surface area (Å²) < 4.78 is 1.53. The minimum Gasteiger partial charge on any atom is -0.321 e. The molecule has 1 aliphatic carbocycles. The van der Waals surface area contributed by atoms with E-state index in [2.05, 4.69) is 26.2 Å². The molecule has 3 aromatic rings. The van der Waals surface area contributed by atoms with Crippen LogP contribution in [0.15, 0.2) is 42.7 Å². The van der Waals surface area contributed by atoms with Crippen molar-refractivity contribution in [2.45, 2.75) is 12.8 Å². The molecule has 1 saturated carbocycles. The van der Waals surface area contributed by atoms with Crippen molar-refractivity contribution in [1.29, 1.82) is 0 Å². The number of carbonyl (C=O) groups is 2. The first-order chi connectivity index (χ1) is 12.2. The van der Waals surface area contributed by atoms with E-state index in [1.807, 2.05) is 12.1 Å². The van der Waals surface area contributed by atoms with E-state index in [0.717, 1.165) is 18.5 Å². The summed E-state index contributed by atoms with van der Waals surface area (Å²) in [6.45, 7) is 0. The fraction of sp³-hybridized carbons (Fsp3) is 0.188. The number of amides is 2. The summed E-state index contributed by atoms with van der Waals surface area (Å²) >= 11 is 1.26. The molecule has 0 bridgehead atoms. The summed E-state index contributed by atoms with van der Waals surface area (Å²) in [6.07, 6.45) is 3.40. The lowest BCUT2D eigenvalue weighted by Gasteiger charge is -2.05. The monoisotopic (exact) mass is 354 g/mol. The van der Waals surface area contributed by atoms with E-state index in [0.29, 0.717) is 15.6 Å². The number of anilines is 2. The first kappa shape index (κ1) is 15.5. The third-order valence-corrected chi connectivity index (χ3v) is 4.76. The van der Waals surface area contributed by atoms with Gasteiger partial charge < -0.3 is 10.6 Å². The van der Waals surface area contributed by atoms with Crippen LogP contribution in [-0.4, -0.2) is 32.0 Å². The highest BCUT2D eigenvalue weighted by Crippen LogP contribution is 2.31. The quantitative estimate of drug-likeness (QED) is 0.732. The third-order valence-electron chi connectivity index (χ3n) is 3.76. The van der Waals surface area contributed by atoms with Gasteiger partial charge in [0.05, 0.1) is 15.6 Å². The van der Waals surface area contributed by atoms with Gasteiger partial charge in [-0.15, -0.1) is 16.4 Å². The molecule has 9 heteroatoms. The maximum atomic E-state index is 12.3. The third kappa shape index (κ3) is 3.56. The lowest BCUT2D eigenvalue weighted by molar-refractivity contribution is -0.117. The van der Waals surface area contributed by atoms with Crippen molar-refractivity contribution in [2.24, 2.45) is 5.92 Å². The largest absolute Gasteiger partial charge is 0.321 e. The molecule has 1 aliphatic rings. The Morgan fingerprint density at radius 1 is 1.08 bits per heavy atom. The second-order valence-electron chi connectivity index (χ2n) is 5.68. The Balaban J connectivity index is 1.39. The van der Waals surface area contributed by atoms with Gasteiger partial charge in [-0.25, -0.2) is 4.68 Å². The molecular weight excluding hydrogens is 340 g/mol. The molecule has 0 atom stereocenters. The van der Waals surface area contributed by atoms with E-state index in [1.54, 1.807) is 24.3 Å². The van der Waals surface area contributed by atoms with Gasteiger partial charge in [-0.3, -0.25) is 9.59 Å². The van der Waals surface area contributed by atoms with Crippen LogP contribution in [0.1, 0.15) is 22.5 Å². The predicted octanol–water partition coefficient (Wildman–Crippen LogP) is 2.32. The fourth-order valence-electron chi connectivity index (χ4n) is 2.27. The van der Waals surface area contributed by atoms with Crippen LogP contribution >= 0.6 is 11.3 Å². The van der Waals surface area contributed by atoms with Crippen LogP contribution in [0.2, 0.25) is 0 Å². The van der Waals surface area contributed by atoms with E-state index in [9.17, 15) is 9.59 Å². The van der Waals surface area contributed by atoms with Crippen LogP contribution in [0.3, 0.4) is 0 Å². The first-order valence-corrected chi connectivity index (χ1v) is 8.56. The van der Waals surface area contributed by atoms with Gasteiger partial charge in [0, 0.05) is 11.6 Å². The predicted molar refractivity (Wildman–Crippen MR) is 92.8 cm³/mol. The van der Waals surface area contributed by atoms with Crippen molar-refractivity contribution in [3.8, 4) is 5.69 Å². The zero-order valence-corrected chi connectivity index (χ0v) is 13.9. The number of thiophene rings is 1. The summed E-state index contributed by atoms with van der Waals surface area (Å²) in [4.78, 5) is 24.6. The maximum Gasteiger partial charge on any atom is 0.265 e. The topological polar surface area (TPSA) is 102 Å². The zero-order chi connectivity index (χ0) is 17.2. The Labute approximate surface area is 146 Å². The summed E-state index contributed by atoms with van der Waals surface area (Å²) in [5.41, 5.74) is 1.46. The van der Waals surface area contributed by atoms with Crippen LogP contribution in [0.5, 0.6) is 0 Å². The van der Waals surface area contributed by atoms with Crippen LogP contribution in [0.25, 0.3) is 5.69 Å². The van der Waals surface area contributed by atoms with Gasteiger partial charge in [-0.2, -0.15) is 0 Å². The Morgan fingerprint density at radius 2 is 1.88 bits per heavy atom. The SMILES string of the molecule is O=C(Nc1ccc(-n2cnnn2)cc1)c1ccc(NC(=O)C2CC2)s1. The van der Waals surface area contributed by atoms with Crippen molar-refractivity contribution in [3.63, 3.8) is 0 Å². The number of hydrogen-bond donors (Lipinski definition) is 2. The highest BCUT2D eigenvalue weighted by Gasteiger charge is 2.29. The number of rotatable bonds is 5. The van der Waals surface area contributed by atoms with E-state index >= 15 is 0 Å². The summed E-state index contributed by atoms with van der Waals surface area (Å²) in [5.74, 6) is -0.0443. The van der Waals surface area contributed by atoms with Gasteiger partial charge in [-0.05, 0) is 59.7 Å². The highest BCUT2D eigenvalue weighted by atomic mass is 32.1. The minimum absolute atomic E-state index is 0.0343. The molecule has 0 unspecified atom stereocenters. The number of benzene rings is 1. The average molecular weight is 354 g/mol. The number of hydrogen-bond acceptors (Lipinski definition) is 6. The van der Waals surface area contributed by atoms with Crippen molar-refractivity contribution >= 4 is 33.8 Å². The molecule has 0 radical (unpaired) electrons. The Morgan fingerprint density at radius 3 is 2.56 bits per heavy atom. The van der Waals surface area contributed by atoms with Gasteiger partial charge in [0.2, 0.25) is 5.91 Å².